The molecule has 21 heavy (non-hydrogen) atoms. The van der Waals surface area contributed by atoms with Gasteiger partial charge in [0.15, 0.2) is 5.69 Å². The normalized spacial score (nSPS) is 19.2. The molecule has 0 unspecified atom stereocenters. The number of carbonyl (C=O) groups is 1. The summed E-state index contributed by atoms with van der Waals surface area (Å²) in [5.74, 6) is 0.823. The monoisotopic (exact) mass is 292 g/mol. The Labute approximate surface area is 125 Å². The first-order valence-electron chi connectivity index (χ1n) is 7.92. The lowest BCUT2D eigenvalue weighted by molar-refractivity contribution is 0.0630. The van der Waals surface area contributed by atoms with E-state index in [2.05, 4.69) is 16.9 Å². The van der Waals surface area contributed by atoms with Crippen LogP contribution in [0.3, 0.4) is 0 Å². The number of nitrogens with zero attached hydrogens (tertiary/aromatic N) is 4. The van der Waals surface area contributed by atoms with Crippen molar-refractivity contribution in [1.82, 2.24) is 19.6 Å². The van der Waals surface area contributed by atoms with Crippen LogP contribution in [0.4, 0.5) is 0 Å². The Morgan fingerprint density at radius 1 is 1.24 bits per heavy atom. The molecule has 0 bridgehead atoms. The predicted molar refractivity (Wildman–Crippen MR) is 79.7 cm³/mol. The molecule has 6 heteroatoms. The lowest BCUT2D eigenvalue weighted by atomic mass is 10.2. The molecular weight excluding hydrogens is 268 g/mol. The van der Waals surface area contributed by atoms with Crippen LogP contribution in [0.15, 0.2) is 0 Å². The maximum absolute atomic E-state index is 12.7. The number of hydrogen-bond acceptors (Lipinski definition) is 4. The summed E-state index contributed by atoms with van der Waals surface area (Å²) in [6.45, 7) is 10.3. The number of piperazine rings is 1. The summed E-state index contributed by atoms with van der Waals surface area (Å²) in [4.78, 5) is 17.0. The van der Waals surface area contributed by atoms with Gasteiger partial charge < -0.3 is 9.64 Å². The second-order valence-electron chi connectivity index (χ2n) is 5.84. The molecule has 0 aromatic carbocycles. The topological polar surface area (TPSA) is 50.6 Å². The third kappa shape index (κ3) is 2.77. The average Bonchev–Trinajstić information content (AvgIpc) is 2.85. The fourth-order valence-electron chi connectivity index (χ4n) is 3.10. The van der Waals surface area contributed by atoms with Crippen LogP contribution in [0.5, 0.6) is 5.88 Å². The van der Waals surface area contributed by atoms with Gasteiger partial charge in [-0.15, -0.1) is 0 Å². The van der Waals surface area contributed by atoms with Gasteiger partial charge in [0.1, 0.15) is 0 Å². The maximum atomic E-state index is 12.7. The Kier molecular flexibility index (Phi) is 4.14. The van der Waals surface area contributed by atoms with E-state index in [1.54, 1.807) is 0 Å². The highest BCUT2D eigenvalue weighted by Gasteiger charge is 2.28. The Bertz CT molecular complexity index is 518. The number of aryl methyl sites for hydroxylation is 1. The van der Waals surface area contributed by atoms with E-state index >= 15 is 0 Å². The Balaban J connectivity index is 1.70. The molecule has 3 rings (SSSR count). The molecule has 2 aliphatic heterocycles. The van der Waals surface area contributed by atoms with E-state index in [-0.39, 0.29) is 5.91 Å². The summed E-state index contributed by atoms with van der Waals surface area (Å²) in [7, 11) is 0. The lowest BCUT2D eigenvalue weighted by Gasteiger charge is -2.34. The molecule has 3 heterocycles. The molecule has 0 N–H and O–H groups in total. The molecule has 1 amide bonds. The van der Waals surface area contributed by atoms with Crippen molar-refractivity contribution >= 4 is 5.91 Å². The van der Waals surface area contributed by atoms with Crippen LogP contribution in [-0.4, -0.2) is 64.8 Å². The number of carbonyl (C=O) groups excluding carboxylic acids is 1. The quantitative estimate of drug-likeness (QED) is 0.838. The molecule has 0 spiro atoms. The van der Waals surface area contributed by atoms with E-state index in [9.17, 15) is 4.79 Å². The number of amides is 1. The van der Waals surface area contributed by atoms with E-state index in [1.807, 2.05) is 16.5 Å². The fourth-order valence-corrected chi connectivity index (χ4v) is 3.10. The lowest BCUT2D eigenvalue weighted by Crippen LogP contribution is -2.49. The summed E-state index contributed by atoms with van der Waals surface area (Å²) in [6.07, 6.45) is 2.12. The van der Waals surface area contributed by atoms with Crippen LogP contribution >= 0.6 is 0 Å². The van der Waals surface area contributed by atoms with Gasteiger partial charge in [-0.2, -0.15) is 5.10 Å². The van der Waals surface area contributed by atoms with Gasteiger partial charge in [-0.3, -0.25) is 9.69 Å². The largest absolute Gasteiger partial charge is 0.478 e. The van der Waals surface area contributed by atoms with Crippen molar-refractivity contribution in [2.75, 3.05) is 39.3 Å². The highest BCUT2D eigenvalue weighted by molar-refractivity contribution is 5.94. The zero-order valence-corrected chi connectivity index (χ0v) is 13.0. The van der Waals surface area contributed by atoms with Crippen LogP contribution in [0, 0.1) is 6.92 Å². The minimum atomic E-state index is 0.0501. The molecule has 1 aromatic heterocycles. The van der Waals surface area contributed by atoms with E-state index in [1.165, 1.54) is 0 Å². The summed E-state index contributed by atoms with van der Waals surface area (Å²) in [6, 6.07) is 0. The Morgan fingerprint density at radius 3 is 2.67 bits per heavy atom. The second-order valence-corrected chi connectivity index (χ2v) is 5.84. The highest BCUT2D eigenvalue weighted by Crippen LogP contribution is 2.26. The summed E-state index contributed by atoms with van der Waals surface area (Å²) < 4.78 is 7.48. The number of hydrogen-bond donors (Lipinski definition) is 0. The average molecular weight is 292 g/mol. The van der Waals surface area contributed by atoms with Crippen LogP contribution < -0.4 is 4.74 Å². The van der Waals surface area contributed by atoms with E-state index in [4.69, 9.17) is 4.74 Å². The number of aromatic nitrogens is 2. The molecule has 0 saturated carbocycles. The first-order chi connectivity index (χ1) is 10.2. The van der Waals surface area contributed by atoms with E-state index < -0.39 is 0 Å². The van der Waals surface area contributed by atoms with Gasteiger partial charge in [0.2, 0.25) is 5.88 Å². The van der Waals surface area contributed by atoms with E-state index in [0.717, 1.165) is 70.2 Å². The fraction of sp³-hybridized carbons (Fsp3) is 0.733. The number of ether oxygens (including phenoxy) is 1. The van der Waals surface area contributed by atoms with Gasteiger partial charge in [-0.25, -0.2) is 4.68 Å². The first-order valence-corrected chi connectivity index (χ1v) is 7.92. The maximum Gasteiger partial charge on any atom is 0.274 e. The van der Waals surface area contributed by atoms with Crippen LogP contribution in [-0.2, 0) is 6.54 Å². The summed E-state index contributed by atoms with van der Waals surface area (Å²) in [5, 5.41) is 4.47. The number of fused-ring (bicyclic) bond motifs is 1. The number of rotatable bonds is 3. The zero-order chi connectivity index (χ0) is 14.8. The molecule has 6 nitrogen and oxygen atoms in total. The SMILES string of the molecule is CCCN1CCN(C(=O)c2nn3c(c2C)OCCC3)CC1. The van der Waals surface area contributed by atoms with Crippen LogP contribution in [0.2, 0.25) is 0 Å². The summed E-state index contributed by atoms with van der Waals surface area (Å²) >= 11 is 0. The van der Waals surface area contributed by atoms with Crippen molar-refractivity contribution in [1.29, 1.82) is 0 Å². The molecular formula is C15H24N4O2. The van der Waals surface area contributed by atoms with Gasteiger partial charge in [-0.1, -0.05) is 6.92 Å². The third-order valence-electron chi connectivity index (χ3n) is 4.29. The van der Waals surface area contributed by atoms with Crippen molar-refractivity contribution < 1.29 is 9.53 Å². The molecule has 1 fully saturated rings. The molecule has 1 saturated heterocycles. The molecule has 0 aliphatic carbocycles. The third-order valence-corrected chi connectivity index (χ3v) is 4.29. The van der Waals surface area contributed by atoms with Gasteiger partial charge >= 0.3 is 0 Å². The van der Waals surface area contributed by atoms with Crippen molar-refractivity contribution in [2.45, 2.75) is 33.2 Å². The molecule has 1 aromatic rings. The highest BCUT2D eigenvalue weighted by atomic mass is 16.5. The van der Waals surface area contributed by atoms with Gasteiger partial charge in [0.25, 0.3) is 5.91 Å². The van der Waals surface area contributed by atoms with E-state index in [0.29, 0.717) is 5.69 Å². The van der Waals surface area contributed by atoms with Crippen molar-refractivity contribution in [3.8, 4) is 5.88 Å². The smallest absolute Gasteiger partial charge is 0.274 e. The van der Waals surface area contributed by atoms with Gasteiger partial charge in [0, 0.05) is 44.7 Å². The van der Waals surface area contributed by atoms with Gasteiger partial charge in [-0.05, 0) is 19.9 Å². The van der Waals surface area contributed by atoms with Crippen LogP contribution in [0.25, 0.3) is 0 Å². The molecule has 2 aliphatic rings. The van der Waals surface area contributed by atoms with Crippen LogP contribution in [0.1, 0.15) is 35.8 Å². The van der Waals surface area contributed by atoms with Crippen molar-refractivity contribution in [2.24, 2.45) is 0 Å². The molecule has 116 valence electrons. The molecule has 0 atom stereocenters. The first kappa shape index (κ1) is 14.4. The predicted octanol–water partition coefficient (Wildman–Crippen LogP) is 1.14. The Hall–Kier alpha value is -1.56. The minimum Gasteiger partial charge on any atom is -0.478 e. The van der Waals surface area contributed by atoms with Crippen molar-refractivity contribution in [3.05, 3.63) is 11.3 Å². The summed E-state index contributed by atoms with van der Waals surface area (Å²) in [5.41, 5.74) is 1.45. The standard InChI is InChI=1S/C15H24N4O2/c1-3-5-17-7-9-18(10-8-17)14(20)13-12(2)15-19(16-13)6-4-11-21-15/h3-11H2,1-2H3. The second kappa shape index (κ2) is 6.05. The molecule has 0 radical (unpaired) electrons. The van der Waals surface area contributed by atoms with Gasteiger partial charge in [0.05, 0.1) is 6.61 Å². The Morgan fingerprint density at radius 2 is 2.00 bits per heavy atom. The minimum absolute atomic E-state index is 0.0501. The van der Waals surface area contributed by atoms with Crippen molar-refractivity contribution in [3.63, 3.8) is 0 Å². The zero-order valence-electron chi connectivity index (χ0n) is 13.0.